The zero-order chi connectivity index (χ0) is 17.4. The molecule has 0 aromatic carbocycles. The summed E-state index contributed by atoms with van der Waals surface area (Å²) in [5, 5.41) is 3.62. The van der Waals surface area contributed by atoms with Crippen LogP contribution in [-0.2, 0) is 16.6 Å². The van der Waals surface area contributed by atoms with Crippen LogP contribution in [0.3, 0.4) is 0 Å². The average Bonchev–Trinajstić information content (AvgIpc) is 3.27. The van der Waals surface area contributed by atoms with Crippen LogP contribution >= 0.6 is 22.7 Å². The van der Waals surface area contributed by atoms with Crippen LogP contribution in [0.15, 0.2) is 44.2 Å². The van der Waals surface area contributed by atoms with Gasteiger partial charge in [0.25, 0.3) is 15.6 Å². The second-order valence-electron chi connectivity index (χ2n) is 5.90. The van der Waals surface area contributed by atoms with E-state index in [1.807, 2.05) is 5.38 Å². The largest absolute Gasteiger partial charge is 0.328 e. The molecule has 4 heterocycles. The maximum absolute atomic E-state index is 12.5. The Balaban J connectivity index is 1.44. The molecule has 0 atom stereocenters. The standard InChI is InChI=1S/C15H16N4O3S3/c20-13-10-12(16-15-19(13)7-9-24-15)11-17-3-5-18(6-4-17)25(21,22)14-2-1-8-23-14/h1-2,7-10H,3-6,11H2/p+1. The lowest BCUT2D eigenvalue weighted by Crippen LogP contribution is -3.13. The van der Waals surface area contributed by atoms with E-state index in [-0.39, 0.29) is 5.56 Å². The first-order chi connectivity index (χ1) is 12.0. The van der Waals surface area contributed by atoms with Gasteiger partial charge in [-0.1, -0.05) is 6.07 Å². The predicted molar refractivity (Wildman–Crippen MR) is 96.8 cm³/mol. The van der Waals surface area contributed by atoms with E-state index in [1.54, 1.807) is 34.1 Å². The Bertz CT molecular complexity index is 1030. The Morgan fingerprint density at radius 3 is 2.72 bits per heavy atom. The van der Waals surface area contributed by atoms with E-state index in [4.69, 9.17) is 0 Å². The third kappa shape index (κ3) is 3.27. The van der Waals surface area contributed by atoms with Crippen LogP contribution in [-0.4, -0.2) is 48.3 Å². The van der Waals surface area contributed by atoms with Gasteiger partial charge < -0.3 is 4.90 Å². The molecular formula is C15H17N4O3S3+. The molecule has 3 aromatic rings. The van der Waals surface area contributed by atoms with Gasteiger partial charge in [0.1, 0.15) is 16.4 Å². The number of nitrogens with one attached hydrogen (secondary N) is 1. The molecule has 1 aliphatic rings. The Hall–Kier alpha value is -1.59. The van der Waals surface area contributed by atoms with Crippen molar-refractivity contribution in [2.75, 3.05) is 26.2 Å². The number of thiophene rings is 1. The number of nitrogens with zero attached hydrogens (tertiary/aromatic N) is 3. The number of hydrogen-bond acceptors (Lipinski definition) is 6. The third-order valence-corrected chi connectivity index (χ3v) is 8.33. The molecule has 25 heavy (non-hydrogen) atoms. The maximum atomic E-state index is 12.5. The summed E-state index contributed by atoms with van der Waals surface area (Å²) in [5.74, 6) is 0. The van der Waals surface area contributed by atoms with Crippen molar-refractivity contribution >= 4 is 37.7 Å². The second kappa shape index (κ2) is 6.61. The number of thiazole rings is 1. The molecule has 1 aliphatic heterocycles. The molecular weight excluding hydrogens is 380 g/mol. The van der Waals surface area contributed by atoms with Crippen LogP contribution in [0.5, 0.6) is 0 Å². The molecule has 0 amide bonds. The fourth-order valence-electron chi connectivity index (χ4n) is 2.99. The summed E-state index contributed by atoms with van der Waals surface area (Å²) in [6, 6.07) is 4.97. The number of hydrogen-bond donors (Lipinski definition) is 1. The summed E-state index contributed by atoms with van der Waals surface area (Å²) >= 11 is 2.68. The SMILES string of the molecule is O=c1cc(C[NH+]2CCN(S(=O)(=O)c3cccs3)CC2)nc2sccn12. The van der Waals surface area contributed by atoms with Crippen molar-refractivity contribution in [3.8, 4) is 0 Å². The molecule has 0 aliphatic carbocycles. The van der Waals surface area contributed by atoms with Crippen LogP contribution in [0.1, 0.15) is 5.69 Å². The van der Waals surface area contributed by atoms with Gasteiger partial charge in [0.05, 0.1) is 26.2 Å². The molecule has 132 valence electrons. The minimum Gasteiger partial charge on any atom is -0.328 e. The van der Waals surface area contributed by atoms with Gasteiger partial charge in [0.15, 0.2) is 4.96 Å². The highest BCUT2D eigenvalue weighted by molar-refractivity contribution is 7.91. The average molecular weight is 398 g/mol. The minimum absolute atomic E-state index is 0.0699. The quantitative estimate of drug-likeness (QED) is 0.668. The molecule has 0 saturated carbocycles. The summed E-state index contributed by atoms with van der Waals surface area (Å²) in [4.78, 5) is 18.5. The van der Waals surface area contributed by atoms with E-state index in [9.17, 15) is 13.2 Å². The minimum atomic E-state index is -3.37. The molecule has 4 rings (SSSR count). The van der Waals surface area contributed by atoms with Gasteiger partial charge in [-0.3, -0.25) is 9.20 Å². The van der Waals surface area contributed by atoms with Crippen LogP contribution in [0.25, 0.3) is 4.96 Å². The molecule has 1 saturated heterocycles. The highest BCUT2D eigenvalue weighted by Crippen LogP contribution is 2.20. The van der Waals surface area contributed by atoms with E-state index in [0.717, 1.165) is 5.69 Å². The van der Waals surface area contributed by atoms with Crippen molar-refractivity contribution in [3.05, 3.63) is 51.2 Å². The monoisotopic (exact) mass is 397 g/mol. The Morgan fingerprint density at radius 2 is 2.00 bits per heavy atom. The van der Waals surface area contributed by atoms with E-state index in [1.165, 1.54) is 32.0 Å². The fourth-order valence-corrected chi connectivity index (χ4v) is 6.32. The van der Waals surface area contributed by atoms with Gasteiger partial charge in [-0.05, 0) is 11.4 Å². The Morgan fingerprint density at radius 1 is 1.20 bits per heavy atom. The van der Waals surface area contributed by atoms with Gasteiger partial charge in [0.2, 0.25) is 0 Å². The van der Waals surface area contributed by atoms with Gasteiger partial charge >= 0.3 is 0 Å². The maximum Gasteiger partial charge on any atom is 0.258 e. The van der Waals surface area contributed by atoms with Gasteiger partial charge in [0, 0.05) is 17.6 Å². The number of aromatic nitrogens is 2. The van der Waals surface area contributed by atoms with Crippen molar-refractivity contribution in [1.82, 2.24) is 13.7 Å². The number of fused-ring (bicyclic) bond motifs is 1. The number of rotatable bonds is 4. The van der Waals surface area contributed by atoms with Crippen LogP contribution in [0.4, 0.5) is 0 Å². The lowest BCUT2D eigenvalue weighted by molar-refractivity contribution is -0.917. The lowest BCUT2D eigenvalue weighted by atomic mass is 10.3. The van der Waals surface area contributed by atoms with Gasteiger partial charge in [-0.15, -0.1) is 22.7 Å². The van der Waals surface area contributed by atoms with Crippen molar-refractivity contribution in [2.24, 2.45) is 0 Å². The van der Waals surface area contributed by atoms with E-state index >= 15 is 0 Å². The van der Waals surface area contributed by atoms with Crippen LogP contribution in [0, 0.1) is 0 Å². The smallest absolute Gasteiger partial charge is 0.258 e. The number of piperazine rings is 1. The molecule has 0 bridgehead atoms. The lowest BCUT2D eigenvalue weighted by Gasteiger charge is -2.30. The zero-order valence-electron chi connectivity index (χ0n) is 13.3. The number of sulfonamides is 1. The highest BCUT2D eigenvalue weighted by Gasteiger charge is 2.31. The molecule has 10 heteroatoms. The van der Waals surface area contributed by atoms with Gasteiger partial charge in [-0.2, -0.15) is 4.31 Å². The van der Waals surface area contributed by atoms with E-state index < -0.39 is 10.0 Å². The van der Waals surface area contributed by atoms with Crippen molar-refractivity contribution in [1.29, 1.82) is 0 Å². The zero-order valence-corrected chi connectivity index (χ0v) is 15.7. The highest BCUT2D eigenvalue weighted by atomic mass is 32.2. The van der Waals surface area contributed by atoms with Crippen LogP contribution in [0.2, 0.25) is 0 Å². The Labute approximate surface area is 152 Å². The van der Waals surface area contributed by atoms with Crippen molar-refractivity contribution in [3.63, 3.8) is 0 Å². The second-order valence-corrected chi connectivity index (χ2v) is 9.89. The van der Waals surface area contributed by atoms with Crippen molar-refractivity contribution in [2.45, 2.75) is 10.8 Å². The predicted octanol–water partition coefficient (Wildman–Crippen LogP) is -0.0931. The first-order valence-electron chi connectivity index (χ1n) is 7.87. The molecule has 7 nitrogen and oxygen atoms in total. The molecule has 3 aromatic heterocycles. The molecule has 0 spiro atoms. The first kappa shape index (κ1) is 16.9. The van der Waals surface area contributed by atoms with E-state index in [0.29, 0.717) is 41.9 Å². The summed E-state index contributed by atoms with van der Waals surface area (Å²) in [6.07, 6.45) is 1.72. The third-order valence-electron chi connectivity index (χ3n) is 4.31. The summed E-state index contributed by atoms with van der Waals surface area (Å²) in [7, 11) is -3.37. The summed E-state index contributed by atoms with van der Waals surface area (Å²) in [6.45, 7) is 3.01. The first-order valence-corrected chi connectivity index (χ1v) is 11.1. The summed E-state index contributed by atoms with van der Waals surface area (Å²) in [5.41, 5.74) is 0.691. The molecule has 1 fully saturated rings. The summed E-state index contributed by atoms with van der Waals surface area (Å²) < 4.78 is 28.6. The van der Waals surface area contributed by atoms with Crippen molar-refractivity contribution < 1.29 is 13.3 Å². The number of quaternary nitrogens is 1. The van der Waals surface area contributed by atoms with Crippen LogP contribution < -0.4 is 10.5 Å². The van der Waals surface area contributed by atoms with Gasteiger partial charge in [-0.25, -0.2) is 13.4 Å². The van der Waals surface area contributed by atoms with E-state index in [2.05, 4.69) is 4.98 Å². The molecule has 0 unspecified atom stereocenters. The normalized spacial score (nSPS) is 17.3. The topological polar surface area (TPSA) is 76.2 Å². The molecule has 0 radical (unpaired) electrons. The Kier molecular flexibility index (Phi) is 4.46. The fraction of sp³-hybridized carbons (Fsp3) is 0.333. The molecule has 1 N–H and O–H groups in total.